The number of aliphatic hydroxyl groups excluding tert-OH is 1. The standard InChI is InChI=1S/C27H29N5O3/c1-17-2-3-19(27(34)30-22-5-6-22)12-23(17)21-13-29-32(16-21)25-14-28-24-7-4-20(15-31(24)25)26(33)18-8-10-35-11-9-18/h2-4,7,12-16,18,22,26,33H,5-6,8-11H2,1H3,(H,30,34). The number of carbonyl (C=O) groups excluding carboxylic acids is 1. The predicted molar refractivity (Wildman–Crippen MR) is 131 cm³/mol. The smallest absolute Gasteiger partial charge is 0.251 e. The van der Waals surface area contributed by atoms with Gasteiger partial charge in [-0.2, -0.15) is 5.10 Å². The monoisotopic (exact) mass is 471 g/mol. The normalized spacial score (nSPS) is 17.5. The number of nitrogens with zero attached hydrogens (tertiary/aromatic N) is 4. The molecule has 1 aliphatic heterocycles. The van der Waals surface area contributed by atoms with Gasteiger partial charge in [0.1, 0.15) is 5.65 Å². The van der Waals surface area contributed by atoms with Crippen molar-refractivity contribution in [2.75, 3.05) is 13.2 Å². The van der Waals surface area contributed by atoms with E-state index >= 15 is 0 Å². The minimum absolute atomic E-state index is 0.0291. The van der Waals surface area contributed by atoms with Crippen LogP contribution in [0.1, 0.15) is 53.3 Å². The van der Waals surface area contributed by atoms with Gasteiger partial charge in [0.15, 0.2) is 5.82 Å². The Morgan fingerprint density at radius 1 is 1.11 bits per heavy atom. The third-order valence-electron chi connectivity index (χ3n) is 7.10. The molecule has 6 rings (SSSR count). The van der Waals surface area contributed by atoms with Crippen molar-refractivity contribution in [2.45, 2.75) is 44.8 Å². The van der Waals surface area contributed by atoms with E-state index in [0.29, 0.717) is 24.8 Å². The van der Waals surface area contributed by atoms with Gasteiger partial charge in [-0.1, -0.05) is 12.1 Å². The maximum atomic E-state index is 12.6. The van der Waals surface area contributed by atoms with E-state index in [1.807, 2.05) is 60.2 Å². The number of fused-ring (bicyclic) bond motifs is 1. The van der Waals surface area contributed by atoms with E-state index < -0.39 is 6.10 Å². The fraction of sp³-hybridized carbons (Fsp3) is 0.370. The van der Waals surface area contributed by atoms with Crippen LogP contribution >= 0.6 is 0 Å². The van der Waals surface area contributed by atoms with Gasteiger partial charge in [-0.15, -0.1) is 0 Å². The largest absolute Gasteiger partial charge is 0.388 e. The molecular weight excluding hydrogens is 442 g/mol. The topological polar surface area (TPSA) is 93.7 Å². The lowest BCUT2D eigenvalue weighted by Crippen LogP contribution is -2.25. The van der Waals surface area contributed by atoms with E-state index in [0.717, 1.165) is 59.4 Å². The lowest BCUT2D eigenvalue weighted by molar-refractivity contribution is 0.00704. The summed E-state index contributed by atoms with van der Waals surface area (Å²) in [7, 11) is 0. The van der Waals surface area contributed by atoms with E-state index in [9.17, 15) is 9.90 Å². The van der Waals surface area contributed by atoms with Crippen molar-refractivity contribution >= 4 is 11.6 Å². The van der Waals surface area contributed by atoms with Crippen molar-refractivity contribution < 1.29 is 14.6 Å². The highest BCUT2D eigenvalue weighted by atomic mass is 16.5. The van der Waals surface area contributed by atoms with Crippen LogP contribution in [0.2, 0.25) is 0 Å². The molecule has 1 amide bonds. The number of hydrogen-bond donors (Lipinski definition) is 2. The van der Waals surface area contributed by atoms with Crippen LogP contribution in [0.3, 0.4) is 0 Å². The molecule has 4 heterocycles. The molecule has 2 aliphatic rings. The summed E-state index contributed by atoms with van der Waals surface area (Å²) in [5, 5.41) is 18.6. The predicted octanol–water partition coefficient (Wildman–Crippen LogP) is 3.85. The van der Waals surface area contributed by atoms with Crippen LogP contribution in [-0.2, 0) is 4.74 Å². The summed E-state index contributed by atoms with van der Waals surface area (Å²) in [4.78, 5) is 17.1. The van der Waals surface area contributed by atoms with Crippen LogP contribution < -0.4 is 5.32 Å². The number of amides is 1. The number of ether oxygens (including phenoxy) is 1. The number of aliphatic hydroxyl groups is 1. The van der Waals surface area contributed by atoms with Crippen LogP contribution in [0.15, 0.2) is 55.1 Å². The number of hydrogen-bond acceptors (Lipinski definition) is 5. The summed E-state index contributed by atoms with van der Waals surface area (Å²) in [5.74, 6) is 0.947. The Bertz CT molecular complexity index is 1380. The quantitative estimate of drug-likeness (QED) is 0.446. The summed E-state index contributed by atoms with van der Waals surface area (Å²) in [5.41, 5.74) is 5.29. The van der Waals surface area contributed by atoms with Gasteiger partial charge in [0.25, 0.3) is 5.91 Å². The Morgan fingerprint density at radius 2 is 1.94 bits per heavy atom. The first-order chi connectivity index (χ1) is 17.1. The van der Waals surface area contributed by atoms with Gasteiger partial charge in [0.2, 0.25) is 0 Å². The molecule has 0 bridgehead atoms. The summed E-state index contributed by atoms with van der Waals surface area (Å²) in [6.45, 7) is 3.42. The molecule has 2 fully saturated rings. The minimum Gasteiger partial charge on any atom is -0.388 e. The first kappa shape index (κ1) is 22.0. The fourth-order valence-electron chi connectivity index (χ4n) is 4.79. The summed E-state index contributed by atoms with van der Waals surface area (Å²) in [6, 6.07) is 9.98. The molecule has 1 aliphatic carbocycles. The third-order valence-corrected chi connectivity index (χ3v) is 7.10. The molecule has 0 spiro atoms. The molecule has 8 nitrogen and oxygen atoms in total. The molecule has 2 N–H and O–H groups in total. The number of aryl methyl sites for hydroxylation is 1. The second kappa shape index (κ2) is 8.94. The average molecular weight is 472 g/mol. The molecule has 3 aromatic heterocycles. The second-order valence-corrected chi connectivity index (χ2v) is 9.65. The summed E-state index contributed by atoms with van der Waals surface area (Å²) in [6.07, 6.45) is 10.8. The van der Waals surface area contributed by atoms with Crippen molar-refractivity contribution in [3.05, 3.63) is 71.8 Å². The Morgan fingerprint density at radius 3 is 2.74 bits per heavy atom. The molecule has 1 aromatic carbocycles. The molecule has 1 unspecified atom stereocenters. The van der Waals surface area contributed by atoms with Gasteiger partial charge < -0.3 is 15.2 Å². The van der Waals surface area contributed by atoms with Crippen molar-refractivity contribution in [2.24, 2.45) is 5.92 Å². The molecule has 180 valence electrons. The number of pyridine rings is 1. The van der Waals surface area contributed by atoms with Crippen molar-refractivity contribution in [3.8, 4) is 16.9 Å². The third kappa shape index (κ3) is 4.35. The Balaban J connectivity index is 1.30. The number of nitrogens with one attached hydrogen (secondary N) is 1. The highest BCUT2D eigenvalue weighted by molar-refractivity contribution is 5.96. The highest BCUT2D eigenvalue weighted by Gasteiger charge is 2.25. The number of rotatable bonds is 6. The van der Waals surface area contributed by atoms with Crippen molar-refractivity contribution in [1.82, 2.24) is 24.5 Å². The van der Waals surface area contributed by atoms with Gasteiger partial charge in [0, 0.05) is 42.8 Å². The van der Waals surface area contributed by atoms with Crippen LogP contribution in [0.4, 0.5) is 0 Å². The van der Waals surface area contributed by atoms with Crippen LogP contribution in [0, 0.1) is 12.8 Å². The maximum Gasteiger partial charge on any atom is 0.251 e. The van der Waals surface area contributed by atoms with Crippen molar-refractivity contribution in [3.63, 3.8) is 0 Å². The van der Waals surface area contributed by atoms with Gasteiger partial charge in [-0.05, 0) is 73.4 Å². The molecule has 1 atom stereocenters. The Hall–Kier alpha value is -3.49. The van der Waals surface area contributed by atoms with Gasteiger partial charge in [-0.3, -0.25) is 9.20 Å². The highest BCUT2D eigenvalue weighted by Crippen LogP contribution is 2.31. The van der Waals surface area contributed by atoms with E-state index in [1.165, 1.54) is 0 Å². The lowest BCUT2D eigenvalue weighted by atomic mass is 9.90. The van der Waals surface area contributed by atoms with Crippen LogP contribution in [0.5, 0.6) is 0 Å². The lowest BCUT2D eigenvalue weighted by Gasteiger charge is -2.27. The molecule has 0 radical (unpaired) electrons. The zero-order valence-electron chi connectivity index (χ0n) is 19.7. The van der Waals surface area contributed by atoms with Gasteiger partial charge in [-0.25, -0.2) is 9.67 Å². The molecular formula is C27H29N5O3. The van der Waals surface area contributed by atoms with Gasteiger partial charge >= 0.3 is 0 Å². The number of carbonyl (C=O) groups is 1. The summed E-state index contributed by atoms with van der Waals surface area (Å²) >= 11 is 0. The number of aromatic nitrogens is 4. The molecule has 4 aromatic rings. The van der Waals surface area contributed by atoms with E-state index in [-0.39, 0.29) is 11.8 Å². The summed E-state index contributed by atoms with van der Waals surface area (Å²) < 4.78 is 9.19. The molecule has 1 saturated carbocycles. The minimum atomic E-state index is -0.543. The van der Waals surface area contributed by atoms with E-state index in [4.69, 9.17) is 4.74 Å². The van der Waals surface area contributed by atoms with E-state index in [1.54, 1.807) is 10.9 Å². The average Bonchev–Trinajstić information content (AvgIpc) is 3.39. The molecule has 1 saturated heterocycles. The Kier molecular flexibility index (Phi) is 5.62. The van der Waals surface area contributed by atoms with E-state index in [2.05, 4.69) is 15.4 Å². The maximum absolute atomic E-state index is 12.6. The Labute approximate surface area is 203 Å². The van der Waals surface area contributed by atoms with Crippen molar-refractivity contribution in [1.29, 1.82) is 0 Å². The fourth-order valence-corrected chi connectivity index (χ4v) is 4.79. The first-order valence-corrected chi connectivity index (χ1v) is 12.3. The van der Waals surface area contributed by atoms with Crippen LogP contribution in [-0.4, -0.2) is 49.4 Å². The first-order valence-electron chi connectivity index (χ1n) is 12.3. The number of benzene rings is 1. The van der Waals surface area contributed by atoms with Crippen LogP contribution in [0.25, 0.3) is 22.6 Å². The van der Waals surface area contributed by atoms with Gasteiger partial charge in [0.05, 0.1) is 18.5 Å². The zero-order valence-corrected chi connectivity index (χ0v) is 19.7. The SMILES string of the molecule is Cc1ccc(C(=O)NC2CC2)cc1-c1cnn(-c2cnc3ccc(C(O)C4CCOCC4)cn23)c1. The second-order valence-electron chi connectivity index (χ2n) is 9.65. The molecule has 35 heavy (non-hydrogen) atoms. The molecule has 8 heteroatoms. The number of imidazole rings is 1. The zero-order chi connectivity index (χ0) is 23.9.